The van der Waals surface area contributed by atoms with Crippen molar-refractivity contribution in [3.63, 3.8) is 0 Å². The zero-order chi connectivity index (χ0) is 19.5. The smallest absolute Gasteiger partial charge is 0.255 e. The second-order valence-electron chi connectivity index (χ2n) is 6.67. The Labute approximate surface area is 161 Å². The van der Waals surface area contributed by atoms with Crippen molar-refractivity contribution in [1.82, 2.24) is 25.1 Å². The van der Waals surface area contributed by atoms with Gasteiger partial charge in [-0.3, -0.25) is 14.5 Å². The van der Waals surface area contributed by atoms with E-state index in [9.17, 15) is 9.59 Å². The highest BCUT2D eigenvalue weighted by atomic mass is 16.2. The van der Waals surface area contributed by atoms with Crippen LogP contribution in [0.15, 0.2) is 48.8 Å². The number of primary amides is 1. The zero-order valence-electron chi connectivity index (χ0n) is 15.1. The summed E-state index contributed by atoms with van der Waals surface area (Å²) in [5.41, 5.74) is 9.64. The summed E-state index contributed by atoms with van der Waals surface area (Å²) in [4.78, 5) is 25.7. The second-order valence-corrected chi connectivity index (χ2v) is 6.67. The number of carbonyl (C=O) groups is 2. The quantitative estimate of drug-likeness (QED) is 0.677. The van der Waals surface area contributed by atoms with Gasteiger partial charge in [0.15, 0.2) is 0 Å². The predicted molar refractivity (Wildman–Crippen MR) is 102 cm³/mol. The molecule has 0 fully saturated rings. The van der Waals surface area contributed by atoms with Gasteiger partial charge >= 0.3 is 0 Å². The van der Waals surface area contributed by atoms with Crippen LogP contribution in [0.5, 0.6) is 0 Å². The fraction of sp³-hybridized carbons (Fsp3) is 0.211. The summed E-state index contributed by atoms with van der Waals surface area (Å²) in [6.45, 7) is 1.68. The number of carbonyl (C=O) groups excluding carboxylic acids is 2. The number of nitrogens with zero attached hydrogens (tertiary/aromatic N) is 5. The lowest BCUT2D eigenvalue weighted by atomic mass is 9.99. The number of fused-ring (bicyclic) bond motifs is 1. The third-order valence-electron chi connectivity index (χ3n) is 4.68. The molecule has 0 bridgehead atoms. The van der Waals surface area contributed by atoms with Crippen LogP contribution < -0.4 is 11.1 Å². The number of hydrogen-bond acceptors (Lipinski definition) is 6. The summed E-state index contributed by atoms with van der Waals surface area (Å²) in [5.74, 6) is -0.536. The topological polar surface area (TPSA) is 119 Å². The van der Waals surface area contributed by atoms with Gasteiger partial charge in [0.2, 0.25) is 5.91 Å². The average molecular weight is 377 g/mol. The molecule has 0 saturated carbocycles. The molecule has 1 aliphatic heterocycles. The SMILES string of the molecule is NC(=O)CN1CCc2ccc(NC(=O)c3ccc(-n4cnnn4)cc3)cc2C1. The van der Waals surface area contributed by atoms with Crippen LogP contribution in [0, 0.1) is 0 Å². The third-order valence-corrected chi connectivity index (χ3v) is 4.68. The Morgan fingerprint density at radius 2 is 1.93 bits per heavy atom. The first-order chi connectivity index (χ1) is 13.6. The van der Waals surface area contributed by atoms with E-state index < -0.39 is 0 Å². The number of benzene rings is 2. The highest BCUT2D eigenvalue weighted by Gasteiger charge is 2.18. The number of hydrogen-bond donors (Lipinski definition) is 2. The van der Waals surface area contributed by atoms with E-state index in [1.165, 1.54) is 16.6 Å². The minimum absolute atomic E-state index is 0.201. The molecule has 1 aliphatic rings. The van der Waals surface area contributed by atoms with Crippen molar-refractivity contribution >= 4 is 17.5 Å². The number of nitrogens with two attached hydrogens (primary N) is 1. The van der Waals surface area contributed by atoms with Crippen LogP contribution in [0.25, 0.3) is 5.69 Å². The molecular formula is C19H19N7O2. The van der Waals surface area contributed by atoms with E-state index in [4.69, 9.17) is 5.73 Å². The van der Waals surface area contributed by atoms with Crippen LogP contribution in [0.3, 0.4) is 0 Å². The molecule has 0 saturated heterocycles. The van der Waals surface area contributed by atoms with E-state index in [0.717, 1.165) is 24.2 Å². The zero-order valence-corrected chi connectivity index (χ0v) is 15.1. The molecule has 3 N–H and O–H groups in total. The van der Waals surface area contributed by atoms with E-state index in [1.807, 2.05) is 23.1 Å². The van der Waals surface area contributed by atoms with Gasteiger partial charge in [-0.25, -0.2) is 4.68 Å². The maximum Gasteiger partial charge on any atom is 0.255 e. The van der Waals surface area contributed by atoms with Gasteiger partial charge in [0.1, 0.15) is 6.33 Å². The van der Waals surface area contributed by atoms with Crippen molar-refractivity contribution < 1.29 is 9.59 Å². The lowest BCUT2D eigenvalue weighted by molar-refractivity contribution is -0.119. The maximum absolute atomic E-state index is 12.6. The van der Waals surface area contributed by atoms with Crippen molar-refractivity contribution in [2.75, 3.05) is 18.4 Å². The minimum Gasteiger partial charge on any atom is -0.369 e. The summed E-state index contributed by atoms with van der Waals surface area (Å²) in [6, 6.07) is 12.9. The van der Waals surface area contributed by atoms with Gasteiger partial charge in [-0.15, -0.1) is 5.10 Å². The lowest BCUT2D eigenvalue weighted by Gasteiger charge is -2.28. The van der Waals surface area contributed by atoms with Crippen molar-refractivity contribution in [2.45, 2.75) is 13.0 Å². The van der Waals surface area contributed by atoms with Gasteiger partial charge < -0.3 is 11.1 Å². The summed E-state index contributed by atoms with van der Waals surface area (Å²) >= 11 is 0. The van der Waals surface area contributed by atoms with Gasteiger partial charge in [0.25, 0.3) is 5.91 Å². The first kappa shape index (κ1) is 17.8. The number of anilines is 1. The van der Waals surface area contributed by atoms with Crippen LogP contribution in [0.2, 0.25) is 0 Å². The fourth-order valence-corrected chi connectivity index (χ4v) is 3.30. The van der Waals surface area contributed by atoms with E-state index in [2.05, 4.69) is 20.8 Å². The van der Waals surface area contributed by atoms with E-state index >= 15 is 0 Å². The monoisotopic (exact) mass is 377 g/mol. The molecule has 142 valence electrons. The highest BCUT2D eigenvalue weighted by molar-refractivity contribution is 6.04. The summed E-state index contributed by atoms with van der Waals surface area (Å²) in [5, 5.41) is 13.9. The van der Waals surface area contributed by atoms with Gasteiger partial charge in [0.05, 0.1) is 12.2 Å². The molecule has 0 radical (unpaired) electrons. The Morgan fingerprint density at radius 1 is 1.11 bits per heavy atom. The van der Waals surface area contributed by atoms with E-state index in [-0.39, 0.29) is 18.4 Å². The fourth-order valence-electron chi connectivity index (χ4n) is 3.30. The molecule has 0 atom stereocenters. The molecular weight excluding hydrogens is 358 g/mol. The molecule has 2 aromatic carbocycles. The van der Waals surface area contributed by atoms with Crippen molar-refractivity contribution in [3.05, 3.63) is 65.5 Å². The molecule has 9 nitrogen and oxygen atoms in total. The van der Waals surface area contributed by atoms with Crippen LogP contribution in [-0.2, 0) is 17.8 Å². The largest absolute Gasteiger partial charge is 0.369 e. The van der Waals surface area contributed by atoms with Gasteiger partial charge in [-0.2, -0.15) is 0 Å². The standard InChI is InChI=1S/C19H19N7O2/c20-18(27)11-25-8-7-13-1-4-16(9-15(13)10-25)22-19(28)14-2-5-17(6-3-14)26-12-21-23-24-26/h1-6,9,12H,7-8,10-11H2,(H2,20,27)(H,22,28). The van der Waals surface area contributed by atoms with Gasteiger partial charge in [-0.05, 0) is 64.4 Å². The molecule has 4 rings (SSSR count). The average Bonchev–Trinajstić information content (AvgIpc) is 3.22. The van der Waals surface area contributed by atoms with Crippen LogP contribution in [-0.4, -0.2) is 50.0 Å². The molecule has 0 aliphatic carbocycles. The molecule has 1 aromatic heterocycles. The highest BCUT2D eigenvalue weighted by Crippen LogP contribution is 2.23. The normalized spacial score (nSPS) is 13.7. The van der Waals surface area contributed by atoms with Crippen LogP contribution >= 0.6 is 0 Å². The molecule has 3 aromatic rings. The minimum atomic E-state index is -0.335. The van der Waals surface area contributed by atoms with E-state index in [0.29, 0.717) is 17.8 Å². The molecule has 28 heavy (non-hydrogen) atoms. The molecule has 2 amide bonds. The van der Waals surface area contributed by atoms with Crippen LogP contribution in [0.1, 0.15) is 21.5 Å². The van der Waals surface area contributed by atoms with Crippen molar-refractivity contribution in [3.8, 4) is 5.69 Å². The summed E-state index contributed by atoms with van der Waals surface area (Å²) < 4.78 is 1.52. The number of amides is 2. The first-order valence-corrected chi connectivity index (χ1v) is 8.86. The third kappa shape index (κ3) is 3.89. The Balaban J connectivity index is 1.45. The Kier molecular flexibility index (Phi) is 4.81. The van der Waals surface area contributed by atoms with Gasteiger partial charge in [-0.1, -0.05) is 6.07 Å². The Morgan fingerprint density at radius 3 is 2.64 bits per heavy atom. The maximum atomic E-state index is 12.6. The number of nitrogens with one attached hydrogen (secondary N) is 1. The Hall–Kier alpha value is -3.59. The second kappa shape index (κ2) is 7.57. The summed E-state index contributed by atoms with van der Waals surface area (Å²) in [6.07, 6.45) is 2.35. The van der Waals surface area contributed by atoms with Crippen molar-refractivity contribution in [2.24, 2.45) is 5.73 Å². The van der Waals surface area contributed by atoms with Crippen LogP contribution in [0.4, 0.5) is 5.69 Å². The lowest BCUT2D eigenvalue weighted by Crippen LogP contribution is -2.37. The first-order valence-electron chi connectivity index (χ1n) is 8.86. The molecule has 2 heterocycles. The molecule has 0 unspecified atom stereocenters. The predicted octanol–water partition coefficient (Wildman–Crippen LogP) is 0.758. The Bertz CT molecular complexity index is 1000. The number of rotatable bonds is 5. The van der Waals surface area contributed by atoms with E-state index in [1.54, 1.807) is 24.3 Å². The molecule has 0 spiro atoms. The van der Waals surface area contributed by atoms with Gasteiger partial charge in [0, 0.05) is 24.3 Å². The summed E-state index contributed by atoms with van der Waals surface area (Å²) in [7, 11) is 0. The number of tetrazole rings is 1. The molecule has 9 heteroatoms. The number of aromatic nitrogens is 4. The van der Waals surface area contributed by atoms with Crippen molar-refractivity contribution in [1.29, 1.82) is 0 Å².